The van der Waals surface area contributed by atoms with Crippen LogP contribution in [0.1, 0.15) is 81.5 Å². The Bertz CT molecular complexity index is 862. The average Bonchev–Trinajstić information content (AvgIpc) is 2.92. The van der Waals surface area contributed by atoms with E-state index in [9.17, 15) is 9.59 Å². The van der Waals surface area contributed by atoms with Crippen LogP contribution in [0.5, 0.6) is 0 Å². The van der Waals surface area contributed by atoms with Gasteiger partial charge in [-0.15, -0.1) is 0 Å². The van der Waals surface area contributed by atoms with Crippen molar-refractivity contribution < 1.29 is 19.1 Å². The van der Waals surface area contributed by atoms with Gasteiger partial charge in [0.15, 0.2) is 0 Å². The van der Waals surface area contributed by atoms with Gasteiger partial charge in [-0.05, 0) is 63.1 Å². The standard InChI is InChI=1S/C26H37NO4/c1-7-8-12-30-20-10-9-11-26(15-20)23(31-25(29)16(2)3)22(24(28)27-26)21-18(5)13-17(4)14-19(21)6/h13-14,16,20H,7-12,15H2,1-6H3,(H,27,28). The van der Waals surface area contributed by atoms with Crippen molar-refractivity contribution in [3.63, 3.8) is 0 Å². The fourth-order valence-corrected chi connectivity index (χ4v) is 4.93. The Morgan fingerprint density at radius 3 is 2.52 bits per heavy atom. The zero-order valence-corrected chi connectivity index (χ0v) is 19.9. The SMILES string of the molecule is CCCCOC1CCCC2(C1)NC(=O)C(c1c(C)cc(C)cc1C)=C2OC(=O)C(C)C. The number of rotatable bonds is 7. The molecule has 2 atom stereocenters. The molecule has 1 aliphatic carbocycles. The van der Waals surface area contributed by atoms with Crippen molar-refractivity contribution in [1.82, 2.24) is 5.32 Å². The second-order valence-electron chi connectivity index (χ2n) is 9.53. The Labute approximate surface area is 186 Å². The highest BCUT2D eigenvalue weighted by atomic mass is 16.5. The molecule has 170 valence electrons. The summed E-state index contributed by atoms with van der Waals surface area (Å²) >= 11 is 0. The molecular formula is C26H37NO4. The monoisotopic (exact) mass is 427 g/mol. The minimum Gasteiger partial charge on any atom is -0.427 e. The zero-order valence-electron chi connectivity index (χ0n) is 19.9. The number of benzene rings is 1. The lowest BCUT2D eigenvalue weighted by Crippen LogP contribution is -2.50. The van der Waals surface area contributed by atoms with Gasteiger partial charge in [-0.25, -0.2) is 0 Å². The molecule has 1 N–H and O–H groups in total. The first-order valence-corrected chi connectivity index (χ1v) is 11.7. The van der Waals surface area contributed by atoms with E-state index in [4.69, 9.17) is 9.47 Å². The van der Waals surface area contributed by atoms with E-state index in [0.717, 1.165) is 61.0 Å². The predicted molar refractivity (Wildman–Crippen MR) is 122 cm³/mol. The van der Waals surface area contributed by atoms with Gasteiger partial charge in [0.1, 0.15) is 11.3 Å². The molecule has 2 aliphatic rings. The molecule has 1 saturated carbocycles. The Morgan fingerprint density at radius 2 is 1.90 bits per heavy atom. The van der Waals surface area contributed by atoms with Gasteiger partial charge >= 0.3 is 5.97 Å². The highest BCUT2D eigenvalue weighted by Gasteiger charge is 2.51. The topological polar surface area (TPSA) is 64.6 Å². The smallest absolute Gasteiger partial charge is 0.313 e. The summed E-state index contributed by atoms with van der Waals surface area (Å²) in [7, 11) is 0. The predicted octanol–water partition coefficient (Wildman–Crippen LogP) is 5.15. The van der Waals surface area contributed by atoms with Crippen molar-refractivity contribution in [2.45, 2.75) is 91.7 Å². The maximum atomic E-state index is 13.4. The quantitative estimate of drug-likeness (QED) is 0.483. The first kappa shape index (κ1) is 23.5. The van der Waals surface area contributed by atoms with Gasteiger partial charge in [0, 0.05) is 13.0 Å². The number of hydrogen-bond acceptors (Lipinski definition) is 4. The first-order chi connectivity index (χ1) is 14.7. The molecular weight excluding hydrogens is 390 g/mol. The lowest BCUT2D eigenvalue weighted by molar-refractivity contribution is -0.145. The molecule has 1 aromatic carbocycles. The van der Waals surface area contributed by atoms with E-state index in [1.54, 1.807) is 0 Å². The zero-order chi connectivity index (χ0) is 22.8. The summed E-state index contributed by atoms with van der Waals surface area (Å²) in [5, 5.41) is 3.23. The Kier molecular flexibility index (Phi) is 7.25. The maximum absolute atomic E-state index is 13.4. The van der Waals surface area contributed by atoms with Crippen LogP contribution in [-0.2, 0) is 19.1 Å². The van der Waals surface area contributed by atoms with Gasteiger partial charge in [-0.1, -0.05) is 44.9 Å². The van der Waals surface area contributed by atoms with Gasteiger partial charge in [0.2, 0.25) is 0 Å². The van der Waals surface area contributed by atoms with E-state index < -0.39 is 5.54 Å². The third-order valence-corrected chi connectivity index (χ3v) is 6.40. The molecule has 1 spiro atoms. The largest absolute Gasteiger partial charge is 0.427 e. The summed E-state index contributed by atoms with van der Waals surface area (Å²) < 4.78 is 12.2. The van der Waals surface area contributed by atoms with E-state index in [1.807, 2.05) is 34.6 Å². The summed E-state index contributed by atoms with van der Waals surface area (Å²) in [6, 6.07) is 4.15. The van der Waals surface area contributed by atoms with Gasteiger partial charge in [0.25, 0.3) is 5.91 Å². The van der Waals surface area contributed by atoms with Crippen LogP contribution in [0.3, 0.4) is 0 Å². The number of aryl methyl sites for hydroxylation is 3. The average molecular weight is 428 g/mol. The van der Waals surface area contributed by atoms with E-state index in [2.05, 4.69) is 24.4 Å². The lowest BCUT2D eigenvalue weighted by Gasteiger charge is -2.39. The lowest BCUT2D eigenvalue weighted by atomic mass is 9.78. The second kappa shape index (κ2) is 9.56. The van der Waals surface area contributed by atoms with E-state index >= 15 is 0 Å². The third kappa shape index (κ3) is 4.87. The molecule has 0 aromatic heterocycles. The number of unbranched alkanes of at least 4 members (excludes halogenated alkanes) is 1. The first-order valence-electron chi connectivity index (χ1n) is 11.7. The highest BCUT2D eigenvalue weighted by molar-refractivity contribution is 6.24. The number of nitrogens with one attached hydrogen (secondary N) is 1. The number of amides is 1. The Hall–Kier alpha value is -2.14. The van der Waals surface area contributed by atoms with Crippen LogP contribution < -0.4 is 5.32 Å². The molecule has 0 radical (unpaired) electrons. The Morgan fingerprint density at radius 1 is 1.23 bits per heavy atom. The van der Waals surface area contributed by atoms with Crippen molar-refractivity contribution in [1.29, 1.82) is 0 Å². The molecule has 1 aliphatic heterocycles. The third-order valence-electron chi connectivity index (χ3n) is 6.40. The van der Waals surface area contributed by atoms with Gasteiger partial charge in [-0.3, -0.25) is 9.59 Å². The molecule has 0 saturated heterocycles. The normalized spacial score (nSPS) is 23.6. The number of hydrogen-bond donors (Lipinski definition) is 1. The van der Waals surface area contributed by atoms with Crippen LogP contribution >= 0.6 is 0 Å². The van der Waals surface area contributed by atoms with Crippen molar-refractivity contribution >= 4 is 17.4 Å². The van der Waals surface area contributed by atoms with Crippen LogP contribution in [0.15, 0.2) is 17.9 Å². The number of carbonyl (C=O) groups is 2. The van der Waals surface area contributed by atoms with Gasteiger partial charge in [-0.2, -0.15) is 0 Å². The van der Waals surface area contributed by atoms with E-state index in [1.165, 1.54) is 0 Å². The van der Waals surface area contributed by atoms with Crippen LogP contribution in [0.2, 0.25) is 0 Å². The molecule has 5 nitrogen and oxygen atoms in total. The Balaban J connectivity index is 2.08. The number of ether oxygens (including phenoxy) is 2. The van der Waals surface area contributed by atoms with Crippen LogP contribution in [0.25, 0.3) is 5.57 Å². The fraction of sp³-hybridized carbons (Fsp3) is 0.615. The molecule has 1 amide bonds. The summed E-state index contributed by atoms with van der Waals surface area (Å²) in [6.07, 6.45) is 5.42. The minimum atomic E-state index is -0.685. The molecule has 2 unspecified atom stereocenters. The minimum absolute atomic E-state index is 0.0490. The van der Waals surface area contributed by atoms with Crippen LogP contribution in [0, 0.1) is 26.7 Å². The van der Waals surface area contributed by atoms with E-state index in [-0.39, 0.29) is 23.9 Å². The summed E-state index contributed by atoms with van der Waals surface area (Å²) in [5.41, 5.74) is 3.89. The number of esters is 1. The molecule has 5 heteroatoms. The van der Waals surface area contributed by atoms with Crippen molar-refractivity contribution in [2.24, 2.45) is 5.92 Å². The molecule has 3 rings (SSSR count). The second-order valence-corrected chi connectivity index (χ2v) is 9.53. The summed E-state index contributed by atoms with van der Waals surface area (Å²) in [6.45, 7) is 12.6. The highest BCUT2D eigenvalue weighted by Crippen LogP contribution is 2.45. The van der Waals surface area contributed by atoms with Crippen molar-refractivity contribution in [3.8, 4) is 0 Å². The summed E-state index contributed by atoms with van der Waals surface area (Å²) in [5.74, 6) is -0.243. The number of carbonyl (C=O) groups excluding carboxylic acids is 2. The molecule has 0 bridgehead atoms. The molecule has 1 aromatic rings. The fourth-order valence-electron chi connectivity index (χ4n) is 4.93. The van der Waals surface area contributed by atoms with E-state index in [0.29, 0.717) is 17.8 Å². The molecule has 31 heavy (non-hydrogen) atoms. The summed E-state index contributed by atoms with van der Waals surface area (Å²) in [4.78, 5) is 26.1. The maximum Gasteiger partial charge on any atom is 0.313 e. The van der Waals surface area contributed by atoms with Crippen molar-refractivity contribution in [3.05, 3.63) is 40.1 Å². The van der Waals surface area contributed by atoms with Gasteiger partial charge < -0.3 is 14.8 Å². The molecule has 1 heterocycles. The van der Waals surface area contributed by atoms with Crippen LogP contribution in [-0.4, -0.2) is 30.1 Å². The van der Waals surface area contributed by atoms with Crippen LogP contribution in [0.4, 0.5) is 0 Å². The molecule has 1 fully saturated rings. The van der Waals surface area contributed by atoms with Gasteiger partial charge in [0.05, 0.1) is 17.6 Å². The van der Waals surface area contributed by atoms with Crippen molar-refractivity contribution in [2.75, 3.05) is 6.61 Å².